The first kappa shape index (κ1) is 30.8. The summed E-state index contributed by atoms with van der Waals surface area (Å²) in [6, 6.07) is 6.67. The van der Waals surface area contributed by atoms with Crippen LogP contribution in [0, 0.1) is 5.92 Å². The van der Waals surface area contributed by atoms with Gasteiger partial charge in [0.2, 0.25) is 5.91 Å². The number of ether oxygens (including phenoxy) is 4. The maximum atomic E-state index is 13.5. The van der Waals surface area contributed by atoms with Crippen LogP contribution in [0.2, 0.25) is 0 Å². The van der Waals surface area contributed by atoms with Crippen molar-refractivity contribution in [2.75, 3.05) is 14.2 Å². The number of amides is 1. The number of carbonyl (C=O) groups excluding carboxylic acids is 3. The zero-order valence-corrected chi connectivity index (χ0v) is 25.1. The summed E-state index contributed by atoms with van der Waals surface area (Å²) < 4.78 is 22.4. The Morgan fingerprint density at radius 2 is 1.90 bits per heavy atom. The van der Waals surface area contributed by atoms with Gasteiger partial charge in [0.15, 0.2) is 0 Å². The normalized spacial score (nSPS) is 20.5. The van der Waals surface area contributed by atoms with Gasteiger partial charge in [-0.3, -0.25) is 9.78 Å². The lowest BCUT2D eigenvalue weighted by Crippen LogP contribution is -2.46. The van der Waals surface area contributed by atoms with Gasteiger partial charge >= 0.3 is 11.9 Å². The van der Waals surface area contributed by atoms with Crippen LogP contribution in [0.15, 0.2) is 60.2 Å². The molecule has 2 aliphatic carbocycles. The van der Waals surface area contributed by atoms with Crippen LogP contribution in [0.4, 0.5) is 0 Å². The second kappa shape index (κ2) is 13.2. The largest absolute Gasteiger partial charge is 0.497 e. The molecule has 4 atom stereocenters. The van der Waals surface area contributed by atoms with E-state index in [0.29, 0.717) is 29.9 Å². The quantitative estimate of drug-likeness (QED) is 0.378. The number of fused-ring (bicyclic) bond motifs is 1. The highest BCUT2D eigenvalue weighted by atomic mass is 16.6. The summed E-state index contributed by atoms with van der Waals surface area (Å²) in [5.41, 5.74) is 1.06. The van der Waals surface area contributed by atoms with Crippen molar-refractivity contribution in [3.8, 4) is 11.5 Å². The zero-order valence-electron chi connectivity index (χ0n) is 25.1. The number of pyridine rings is 1. The number of esters is 2. The Hall–Kier alpha value is -4.14. The van der Waals surface area contributed by atoms with Crippen molar-refractivity contribution in [3.63, 3.8) is 0 Å². The molecular formula is C33H40N2O7. The second-order valence-corrected chi connectivity index (χ2v) is 11.5. The molecule has 2 aliphatic rings. The highest BCUT2D eigenvalue weighted by Crippen LogP contribution is 2.36. The number of nitrogens with one attached hydrogen (secondary N) is 1. The molecule has 0 saturated carbocycles. The molecule has 0 bridgehead atoms. The lowest BCUT2D eigenvalue weighted by Gasteiger charge is -2.25. The summed E-state index contributed by atoms with van der Waals surface area (Å²) in [6.45, 7) is 7.25. The minimum Gasteiger partial charge on any atom is -0.497 e. The molecule has 1 aromatic heterocycles. The highest BCUT2D eigenvalue weighted by molar-refractivity contribution is 5.99. The van der Waals surface area contributed by atoms with Crippen LogP contribution in [-0.2, 0) is 23.9 Å². The van der Waals surface area contributed by atoms with Crippen molar-refractivity contribution in [1.82, 2.24) is 10.3 Å². The Kier molecular flexibility index (Phi) is 9.70. The summed E-state index contributed by atoms with van der Waals surface area (Å²) in [5.74, 6) is -1.09. The predicted molar refractivity (Wildman–Crippen MR) is 159 cm³/mol. The van der Waals surface area contributed by atoms with Gasteiger partial charge in [0, 0.05) is 35.4 Å². The van der Waals surface area contributed by atoms with Crippen LogP contribution in [0.3, 0.4) is 0 Å². The van der Waals surface area contributed by atoms with Crippen molar-refractivity contribution in [1.29, 1.82) is 0 Å². The second-order valence-electron chi connectivity index (χ2n) is 11.5. The molecule has 0 spiro atoms. The first-order valence-electron chi connectivity index (χ1n) is 14.3. The van der Waals surface area contributed by atoms with E-state index in [-0.39, 0.29) is 17.9 Å². The minimum absolute atomic E-state index is 0.0829. The Morgan fingerprint density at radius 3 is 2.55 bits per heavy atom. The number of aromatic nitrogens is 1. The van der Waals surface area contributed by atoms with Crippen LogP contribution in [0.25, 0.3) is 10.9 Å². The number of carbonyl (C=O) groups is 3. The van der Waals surface area contributed by atoms with Crippen LogP contribution < -0.4 is 14.8 Å². The number of rotatable bonds is 10. The van der Waals surface area contributed by atoms with Gasteiger partial charge in [0.1, 0.15) is 29.2 Å². The SMILES string of the molecule is CCC[C@H](NC(=O)C1CC(Oc2cc(C3C=CC=CC3)nc3cc(OC)ccc23)C=C1C(=O)OC)C(=O)OC(C)(C)C. The summed E-state index contributed by atoms with van der Waals surface area (Å²) >= 11 is 0. The molecule has 4 rings (SSSR count). The van der Waals surface area contributed by atoms with E-state index in [1.807, 2.05) is 43.3 Å². The molecule has 0 radical (unpaired) electrons. The molecule has 3 unspecified atom stereocenters. The van der Waals surface area contributed by atoms with Crippen LogP contribution in [0.1, 0.15) is 65.0 Å². The van der Waals surface area contributed by atoms with E-state index in [2.05, 4.69) is 17.5 Å². The minimum atomic E-state index is -0.858. The lowest BCUT2D eigenvalue weighted by molar-refractivity contribution is -0.159. The third-order valence-corrected chi connectivity index (χ3v) is 7.17. The summed E-state index contributed by atoms with van der Waals surface area (Å²) in [7, 11) is 2.88. The molecule has 1 heterocycles. The highest BCUT2D eigenvalue weighted by Gasteiger charge is 2.39. The fraction of sp³-hybridized carbons (Fsp3) is 0.455. The smallest absolute Gasteiger partial charge is 0.334 e. The van der Waals surface area contributed by atoms with Crippen LogP contribution in [-0.4, -0.2) is 54.8 Å². The van der Waals surface area contributed by atoms with Crippen molar-refractivity contribution in [3.05, 3.63) is 65.9 Å². The van der Waals surface area contributed by atoms with E-state index < -0.39 is 41.5 Å². The first-order chi connectivity index (χ1) is 20.0. The molecule has 224 valence electrons. The molecule has 9 heteroatoms. The van der Waals surface area contributed by atoms with E-state index in [1.54, 1.807) is 34.0 Å². The van der Waals surface area contributed by atoms with Crippen molar-refractivity contribution < 1.29 is 33.3 Å². The number of methoxy groups -OCH3 is 2. The van der Waals surface area contributed by atoms with E-state index in [4.69, 9.17) is 23.9 Å². The van der Waals surface area contributed by atoms with E-state index >= 15 is 0 Å². The number of allylic oxidation sites excluding steroid dienone is 4. The fourth-order valence-electron chi connectivity index (χ4n) is 5.16. The van der Waals surface area contributed by atoms with Gasteiger partial charge in [0.05, 0.1) is 31.3 Å². The third-order valence-electron chi connectivity index (χ3n) is 7.17. The molecule has 9 nitrogen and oxygen atoms in total. The number of nitrogens with zero attached hydrogens (tertiary/aromatic N) is 1. The lowest BCUT2D eigenvalue weighted by atomic mass is 9.96. The summed E-state index contributed by atoms with van der Waals surface area (Å²) in [5, 5.41) is 3.60. The molecule has 2 aromatic rings. The van der Waals surface area contributed by atoms with E-state index in [9.17, 15) is 14.4 Å². The predicted octanol–water partition coefficient (Wildman–Crippen LogP) is 5.34. The fourth-order valence-corrected chi connectivity index (χ4v) is 5.16. The molecule has 0 saturated heterocycles. The number of hydrogen-bond donors (Lipinski definition) is 1. The Bertz CT molecular complexity index is 1420. The third kappa shape index (κ3) is 7.38. The van der Waals surface area contributed by atoms with Gasteiger partial charge in [-0.15, -0.1) is 0 Å². The maximum Gasteiger partial charge on any atom is 0.334 e. The first-order valence-corrected chi connectivity index (χ1v) is 14.3. The van der Waals surface area contributed by atoms with Gasteiger partial charge in [-0.25, -0.2) is 9.59 Å². The summed E-state index contributed by atoms with van der Waals surface area (Å²) in [4.78, 5) is 44.0. The monoisotopic (exact) mass is 576 g/mol. The van der Waals surface area contributed by atoms with Gasteiger partial charge < -0.3 is 24.3 Å². The van der Waals surface area contributed by atoms with Gasteiger partial charge in [-0.2, -0.15) is 0 Å². The number of hydrogen-bond acceptors (Lipinski definition) is 8. The van der Waals surface area contributed by atoms with E-state index in [0.717, 1.165) is 17.5 Å². The molecule has 1 N–H and O–H groups in total. The van der Waals surface area contributed by atoms with Crippen LogP contribution >= 0.6 is 0 Å². The van der Waals surface area contributed by atoms with Gasteiger partial charge in [0.25, 0.3) is 0 Å². The molecule has 42 heavy (non-hydrogen) atoms. The van der Waals surface area contributed by atoms with Crippen molar-refractivity contribution in [2.45, 2.75) is 77.0 Å². The molecule has 1 amide bonds. The molecule has 0 aliphatic heterocycles. The summed E-state index contributed by atoms with van der Waals surface area (Å²) in [6.07, 6.45) is 11.3. The zero-order chi connectivity index (χ0) is 30.4. The molecule has 0 fully saturated rings. The van der Waals surface area contributed by atoms with Gasteiger partial charge in [-0.1, -0.05) is 37.6 Å². The molecular weight excluding hydrogens is 536 g/mol. The standard InChI is InChI=1S/C33H40N2O7/c1-7-11-26(32(38)42-33(2,3)4)35-30(36)24-16-22(17-25(24)31(37)40-6)41-29-19-27(20-12-9-8-10-13-20)34-28-18-21(39-5)14-15-23(28)29/h8-10,12,14-15,17-20,22,24,26H,7,11,13,16H2,1-6H3,(H,35,36)/t20?,22?,24?,26-/m0/s1. The maximum absolute atomic E-state index is 13.5. The van der Waals surface area contributed by atoms with E-state index in [1.165, 1.54) is 7.11 Å². The average Bonchev–Trinajstić information content (AvgIpc) is 3.39. The Balaban J connectivity index is 1.61. The average molecular weight is 577 g/mol. The molecule has 1 aromatic carbocycles. The van der Waals surface area contributed by atoms with Crippen LogP contribution in [0.5, 0.6) is 11.5 Å². The topological polar surface area (TPSA) is 113 Å². The van der Waals surface area contributed by atoms with Crippen molar-refractivity contribution in [2.24, 2.45) is 5.92 Å². The Labute approximate surface area is 246 Å². The van der Waals surface area contributed by atoms with Crippen molar-refractivity contribution >= 4 is 28.7 Å². The Morgan fingerprint density at radius 1 is 1.12 bits per heavy atom. The number of benzene rings is 1. The van der Waals surface area contributed by atoms with Gasteiger partial charge in [-0.05, 0) is 51.8 Å².